The van der Waals surface area contributed by atoms with E-state index in [9.17, 15) is 0 Å². The molecule has 0 radical (unpaired) electrons. The smallest absolute Gasteiger partial charge is 0.00715 e. The van der Waals surface area contributed by atoms with E-state index in [0.717, 1.165) is 18.5 Å². The van der Waals surface area contributed by atoms with Crippen LogP contribution in [0.25, 0.3) is 5.57 Å². The Bertz CT molecular complexity index is 315. The van der Waals surface area contributed by atoms with E-state index in [1.807, 2.05) is 6.92 Å². The predicted octanol–water partition coefficient (Wildman–Crippen LogP) is 3.17. The van der Waals surface area contributed by atoms with Crippen molar-refractivity contribution in [3.8, 4) is 0 Å². The number of hydrogen-bond donors (Lipinski definition) is 1. The third kappa shape index (κ3) is 2.71. The molecule has 1 aromatic rings. The van der Waals surface area contributed by atoms with Gasteiger partial charge in [0.2, 0.25) is 0 Å². The van der Waals surface area contributed by atoms with E-state index in [-0.39, 0.29) is 0 Å². The minimum absolute atomic E-state index is 0.541. The second-order valence-electron chi connectivity index (χ2n) is 3.88. The van der Waals surface area contributed by atoms with Crippen molar-refractivity contribution in [2.24, 2.45) is 5.73 Å². The molecule has 1 heteroatoms. The Kier molecular flexibility index (Phi) is 3.90. The second-order valence-corrected chi connectivity index (χ2v) is 3.88. The highest BCUT2D eigenvalue weighted by molar-refractivity contribution is 5.61. The molecule has 0 fully saturated rings. The summed E-state index contributed by atoms with van der Waals surface area (Å²) in [6, 6.07) is 8.56. The minimum Gasteiger partial charge on any atom is -0.330 e. The molecule has 1 rings (SSSR count). The summed E-state index contributed by atoms with van der Waals surface area (Å²) >= 11 is 0. The lowest BCUT2D eigenvalue weighted by molar-refractivity contribution is 0.690. The normalized spacial score (nSPS) is 12.5. The van der Waals surface area contributed by atoms with Crippen LogP contribution in [-0.4, -0.2) is 6.54 Å². The molecule has 0 aromatic heterocycles. The van der Waals surface area contributed by atoms with Crippen LogP contribution in [0.3, 0.4) is 0 Å². The monoisotopic (exact) mass is 189 g/mol. The van der Waals surface area contributed by atoms with Crippen molar-refractivity contribution in [2.45, 2.75) is 26.2 Å². The Morgan fingerprint density at radius 1 is 1.50 bits per heavy atom. The van der Waals surface area contributed by atoms with Crippen LogP contribution in [0, 0.1) is 0 Å². The Morgan fingerprint density at radius 3 is 2.79 bits per heavy atom. The van der Waals surface area contributed by atoms with Crippen LogP contribution in [0.5, 0.6) is 0 Å². The zero-order valence-corrected chi connectivity index (χ0v) is 9.09. The van der Waals surface area contributed by atoms with E-state index < -0.39 is 0 Å². The van der Waals surface area contributed by atoms with Gasteiger partial charge in [0.05, 0.1) is 0 Å². The maximum atomic E-state index is 5.55. The summed E-state index contributed by atoms with van der Waals surface area (Å²) in [4.78, 5) is 0. The topological polar surface area (TPSA) is 26.0 Å². The van der Waals surface area contributed by atoms with Gasteiger partial charge in [-0.2, -0.15) is 0 Å². The summed E-state index contributed by atoms with van der Waals surface area (Å²) in [6.07, 6.45) is 1.04. The van der Waals surface area contributed by atoms with Crippen LogP contribution in [0.1, 0.15) is 37.3 Å². The average Bonchev–Trinajstić information content (AvgIpc) is 2.18. The largest absolute Gasteiger partial charge is 0.330 e. The fraction of sp³-hybridized carbons (Fsp3) is 0.385. The number of hydrogen-bond acceptors (Lipinski definition) is 1. The highest BCUT2D eigenvalue weighted by Gasteiger charge is 2.04. The summed E-state index contributed by atoms with van der Waals surface area (Å²) in [5.74, 6) is 0.541. The molecular weight excluding hydrogens is 170 g/mol. The van der Waals surface area contributed by atoms with Crippen molar-refractivity contribution in [3.63, 3.8) is 0 Å². The van der Waals surface area contributed by atoms with Gasteiger partial charge < -0.3 is 5.73 Å². The number of nitrogens with two attached hydrogens (primary N) is 1. The quantitative estimate of drug-likeness (QED) is 0.773. The molecule has 2 N–H and O–H groups in total. The Morgan fingerprint density at radius 2 is 2.21 bits per heavy atom. The molecule has 0 aliphatic heterocycles. The van der Waals surface area contributed by atoms with Crippen LogP contribution in [0.4, 0.5) is 0 Å². The molecule has 0 bridgehead atoms. The van der Waals surface area contributed by atoms with E-state index in [2.05, 4.69) is 37.8 Å². The standard InChI is InChI=1S/C13H19N/c1-10(2)12-5-4-6-13(9-12)11(3)7-8-14/h4-6,9,11H,1,7-8,14H2,2-3H3. The molecule has 1 aromatic carbocycles. The molecule has 1 unspecified atom stereocenters. The Hall–Kier alpha value is -1.08. The lowest BCUT2D eigenvalue weighted by Crippen LogP contribution is -2.04. The van der Waals surface area contributed by atoms with Crippen molar-refractivity contribution in [3.05, 3.63) is 42.0 Å². The summed E-state index contributed by atoms with van der Waals surface area (Å²) < 4.78 is 0. The predicted molar refractivity (Wildman–Crippen MR) is 63.2 cm³/mol. The zero-order valence-electron chi connectivity index (χ0n) is 9.09. The summed E-state index contributed by atoms with van der Waals surface area (Å²) in [7, 11) is 0. The van der Waals surface area contributed by atoms with Crippen LogP contribution in [-0.2, 0) is 0 Å². The fourth-order valence-corrected chi connectivity index (χ4v) is 1.53. The van der Waals surface area contributed by atoms with E-state index in [4.69, 9.17) is 5.73 Å². The molecule has 76 valence electrons. The first-order valence-electron chi connectivity index (χ1n) is 5.11. The van der Waals surface area contributed by atoms with Gasteiger partial charge >= 0.3 is 0 Å². The van der Waals surface area contributed by atoms with Gasteiger partial charge in [-0.1, -0.05) is 43.3 Å². The van der Waals surface area contributed by atoms with Gasteiger partial charge in [-0.3, -0.25) is 0 Å². The molecule has 1 atom stereocenters. The van der Waals surface area contributed by atoms with Crippen LogP contribution < -0.4 is 5.73 Å². The second kappa shape index (κ2) is 4.97. The SMILES string of the molecule is C=C(C)c1cccc(C(C)CCN)c1. The van der Waals surface area contributed by atoms with Crippen molar-refractivity contribution in [1.29, 1.82) is 0 Å². The molecular formula is C13H19N. The molecule has 1 nitrogen and oxygen atoms in total. The first-order chi connectivity index (χ1) is 6.65. The molecule has 14 heavy (non-hydrogen) atoms. The number of benzene rings is 1. The highest BCUT2D eigenvalue weighted by Crippen LogP contribution is 2.21. The van der Waals surface area contributed by atoms with Gasteiger partial charge in [-0.05, 0) is 36.9 Å². The van der Waals surface area contributed by atoms with E-state index >= 15 is 0 Å². The van der Waals surface area contributed by atoms with Gasteiger partial charge in [0.15, 0.2) is 0 Å². The van der Waals surface area contributed by atoms with Crippen LogP contribution in [0.15, 0.2) is 30.8 Å². The van der Waals surface area contributed by atoms with Crippen molar-refractivity contribution >= 4 is 5.57 Å². The summed E-state index contributed by atoms with van der Waals surface area (Å²) in [5.41, 5.74) is 9.25. The maximum Gasteiger partial charge on any atom is -0.00715 e. The van der Waals surface area contributed by atoms with Crippen molar-refractivity contribution in [2.75, 3.05) is 6.54 Å². The Labute approximate surface area is 86.6 Å². The average molecular weight is 189 g/mol. The maximum absolute atomic E-state index is 5.55. The van der Waals surface area contributed by atoms with Gasteiger partial charge in [-0.15, -0.1) is 0 Å². The van der Waals surface area contributed by atoms with Gasteiger partial charge in [0.1, 0.15) is 0 Å². The number of allylic oxidation sites excluding steroid dienone is 1. The fourth-order valence-electron chi connectivity index (χ4n) is 1.53. The Balaban J connectivity index is 2.87. The van der Waals surface area contributed by atoms with Gasteiger partial charge in [0.25, 0.3) is 0 Å². The lowest BCUT2D eigenvalue weighted by Gasteiger charge is -2.11. The van der Waals surface area contributed by atoms with Crippen molar-refractivity contribution in [1.82, 2.24) is 0 Å². The first kappa shape index (κ1) is 11.0. The van der Waals surface area contributed by atoms with E-state index in [1.54, 1.807) is 0 Å². The van der Waals surface area contributed by atoms with Crippen LogP contribution in [0.2, 0.25) is 0 Å². The molecule has 0 saturated heterocycles. The summed E-state index contributed by atoms with van der Waals surface area (Å²) in [6.45, 7) is 8.94. The summed E-state index contributed by atoms with van der Waals surface area (Å²) in [5, 5.41) is 0. The molecule has 0 amide bonds. The molecule has 0 aliphatic rings. The first-order valence-corrected chi connectivity index (χ1v) is 5.11. The van der Waals surface area contributed by atoms with E-state index in [0.29, 0.717) is 5.92 Å². The lowest BCUT2D eigenvalue weighted by atomic mass is 9.95. The molecule has 0 spiro atoms. The molecule has 0 heterocycles. The zero-order chi connectivity index (χ0) is 10.6. The van der Waals surface area contributed by atoms with Gasteiger partial charge in [0, 0.05) is 0 Å². The number of rotatable bonds is 4. The van der Waals surface area contributed by atoms with Crippen molar-refractivity contribution < 1.29 is 0 Å². The van der Waals surface area contributed by atoms with E-state index in [1.165, 1.54) is 11.1 Å². The minimum atomic E-state index is 0.541. The highest BCUT2D eigenvalue weighted by atomic mass is 14.5. The van der Waals surface area contributed by atoms with Crippen LogP contribution >= 0.6 is 0 Å². The molecule has 0 aliphatic carbocycles. The third-order valence-corrected chi connectivity index (χ3v) is 2.55. The molecule has 0 saturated carbocycles. The van der Waals surface area contributed by atoms with Gasteiger partial charge in [-0.25, -0.2) is 0 Å². The third-order valence-electron chi connectivity index (χ3n) is 2.55.